The van der Waals surface area contributed by atoms with Crippen LogP contribution in [0.3, 0.4) is 0 Å². The number of furan rings is 2. The van der Waals surface area contributed by atoms with Gasteiger partial charge >= 0.3 is 0 Å². The van der Waals surface area contributed by atoms with Crippen LogP contribution in [0.4, 0.5) is 0 Å². The molecule has 1 aliphatic rings. The predicted octanol–water partition coefficient (Wildman–Crippen LogP) is 1.35. The van der Waals surface area contributed by atoms with Gasteiger partial charge in [-0.15, -0.1) is 0 Å². The smallest absolute Gasteiger partial charge is 0.293 e. The Morgan fingerprint density at radius 1 is 0.957 bits per heavy atom. The zero-order valence-electron chi connectivity index (χ0n) is 12.2. The lowest BCUT2D eigenvalue weighted by atomic mass is 10.3. The van der Waals surface area contributed by atoms with E-state index in [2.05, 4.69) is 5.32 Å². The average Bonchev–Trinajstić information content (AvgIpc) is 3.27. The quantitative estimate of drug-likeness (QED) is 0.836. The van der Waals surface area contributed by atoms with Crippen LogP contribution in [0.15, 0.2) is 45.6 Å². The maximum atomic E-state index is 12.2. The third-order valence-electron chi connectivity index (χ3n) is 3.55. The van der Waals surface area contributed by atoms with Crippen LogP contribution < -0.4 is 5.32 Å². The second-order valence-corrected chi connectivity index (χ2v) is 5.38. The predicted molar refractivity (Wildman–Crippen MR) is 85.0 cm³/mol. The highest BCUT2D eigenvalue weighted by molar-refractivity contribution is 7.80. The van der Waals surface area contributed by atoms with Gasteiger partial charge in [0.1, 0.15) is 0 Å². The highest BCUT2D eigenvalue weighted by Gasteiger charge is 2.25. The molecule has 1 saturated heterocycles. The van der Waals surface area contributed by atoms with Crippen molar-refractivity contribution in [2.75, 3.05) is 26.2 Å². The molecule has 0 unspecified atom stereocenters. The molecule has 1 fully saturated rings. The van der Waals surface area contributed by atoms with Gasteiger partial charge in [0.2, 0.25) is 0 Å². The highest BCUT2D eigenvalue weighted by atomic mass is 32.1. The monoisotopic (exact) mass is 333 g/mol. The molecule has 0 atom stereocenters. The fourth-order valence-electron chi connectivity index (χ4n) is 2.31. The van der Waals surface area contributed by atoms with Crippen LogP contribution in [0.25, 0.3) is 0 Å². The standard InChI is InChI=1S/C15H15N3O4S/c19-13(11-3-1-9-21-11)16-15(23)18-7-5-17(6-8-18)14(20)12-4-2-10-22-12/h1-4,9-10H,5-8H2,(H,16,19,23). The molecule has 2 aromatic rings. The zero-order chi connectivity index (χ0) is 16.2. The van der Waals surface area contributed by atoms with Crippen LogP contribution >= 0.6 is 12.2 Å². The third-order valence-corrected chi connectivity index (χ3v) is 3.91. The van der Waals surface area contributed by atoms with Crippen molar-refractivity contribution in [1.29, 1.82) is 0 Å². The Bertz CT molecular complexity index is 688. The van der Waals surface area contributed by atoms with Gasteiger partial charge in [-0.25, -0.2) is 0 Å². The number of carbonyl (C=O) groups is 2. The molecule has 23 heavy (non-hydrogen) atoms. The number of nitrogens with zero attached hydrogens (tertiary/aromatic N) is 2. The summed E-state index contributed by atoms with van der Waals surface area (Å²) in [6.45, 7) is 2.11. The Morgan fingerprint density at radius 2 is 1.52 bits per heavy atom. The van der Waals surface area contributed by atoms with E-state index < -0.39 is 0 Å². The summed E-state index contributed by atoms with van der Waals surface area (Å²) in [6.07, 6.45) is 2.90. The van der Waals surface area contributed by atoms with Crippen LogP contribution in [-0.2, 0) is 0 Å². The van der Waals surface area contributed by atoms with E-state index in [4.69, 9.17) is 21.1 Å². The van der Waals surface area contributed by atoms with Gasteiger partial charge in [0.25, 0.3) is 11.8 Å². The van der Waals surface area contributed by atoms with E-state index in [0.717, 1.165) is 0 Å². The van der Waals surface area contributed by atoms with Gasteiger partial charge in [-0.2, -0.15) is 0 Å². The number of thiocarbonyl (C=S) groups is 1. The van der Waals surface area contributed by atoms with Crippen LogP contribution in [0, 0.1) is 0 Å². The minimum Gasteiger partial charge on any atom is -0.459 e. The van der Waals surface area contributed by atoms with Gasteiger partial charge in [0.15, 0.2) is 16.6 Å². The first-order valence-corrected chi connectivity index (χ1v) is 7.52. The molecular weight excluding hydrogens is 318 g/mol. The number of piperazine rings is 1. The second kappa shape index (κ2) is 6.66. The summed E-state index contributed by atoms with van der Waals surface area (Å²) in [6, 6.07) is 6.53. The maximum Gasteiger partial charge on any atom is 0.293 e. The van der Waals surface area contributed by atoms with Crippen molar-refractivity contribution in [1.82, 2.24) is 15.1 Å². The topological polar surface area (TPSA) is 78.9 Å². The third kappa shape index (κ3) is 3.42. The molecule has 3 rings (SSSR count). The van der Waals surface area contributed by atoms with Crippen LogP contribution in [0.5, 0.6) is 0 Å². The molecule has 1 N–H and O–H groups in total. The molecule has 2 amide bonds. The van der Waals surface area contributed by atoms with E-state index >= 15 is 0 Å². The van der Waals surface area contributed by atoms with E-state index in [0.29, 0.717) is 37.1 Å². The summed E-state index contributed by atoms with van der Waals surface area (Å²) in [7, 11) is 0. The van der Waals surface area contributed by atoms with Crippen molar-refractivity contribution in [3.05, 3.63) is 48.3 Å². The van der Waals surface area contributed by atoms with Gasteiger partial charge in [-0.3, -0.25) is 14.9 Å². The van der Waals surface area contributed by atoms with E-state index in [1.165, 1.54) is 12.5 Å². The number of hydrogen-bond donors (Lipinski definition) is 1. The van der Waals surface area contributed by atoms with Crippen LogP contribution in [-0.4, -0.2) is 52.9 Å². The van der Waals surface area contributed by atoms with Crippen LogP contribution in [0.2, 0.25) is 0 Å². The van der Waals surface area contributed by atoms with E-state index in [1.807, 2.05) is 4.90 Å². The summed E-state index contributed by atoms with van der Waals surface area (Å²) in [5, 5.41) is 2.96. The summed E-state index contributed by atoms with van der Waals surface area (Å²) < 4.78 is 10.1. The van der Waals surface area contributed by atoms with Crippen molar-refractivity contribution in [2.45, 2.75) is 0 Å². The second-order valence-electron chi connectivity index (χ2n) is 4.99. The minimum atomic E-state index is -0.380. The zero-order valence-corrected chi connectivity index (χ0v) is 13.0. The molecule has 3 heterocycles. The largest absolute Gasteiger partial charge is 0.459 e. The number of carbonyl (C=O) groups excluding carboxylic acids is 2. The molecule has 0 radical (unpaired) electrons. The lowest BCUT2D eigenvalue weighted by Crippen LogP contribution is -2.53. The first kappa shape index (κ1) is 15.3. The van der Waals surface area contributed by atoms with Crippen molar-refractivity contribution < 1.29 is 18.4 Å². The fraction of sp³-hybridized carbons (Fsp3) is 0.267. The first-order chi connectivity index (χ1) is 11.1. The molecule has 0 bridgehead atoms. The maximum absolute atomic E-state index is 12.2. The summed E-state index contributed by atoms with van der Waals surface area (Å²) in [4.78, 5) is 27.6. The van der Waals surface area contributed by atoms with Gasteiger partial charge in [0.05, 0.1) is 12.5 Å². The molecule has 7 nitrogen and oxygen atoms in total. The Balaban J connectivity index is 1.51. The van der Waals surface area contributed by atoms with Crippen molar-refractivity contribution >= 4 is 29.1 Å². The number of amides is 2. The molecule has 1 aliphatic heterocycles. The van der Waals surface area contributed by atoms with Crippen molar-refractivity contribution in [3.63, 3.8) is 0 Å². The normalized spacial score (nSPS) is 14.6. The van der Waals surface area contributed by atoms with Gasteiger partial charge in [-0.05, 0) is 36.5 Å². The summed E-state index contributed by atoms with van der Waals surface area (Å²) in [5.41, 5.74) is 0. The molecule has 0 aromatic carbocycles. The van der Waals surface area contributed by atoms with Gasteiger partial charge in [-0.1, -0.05) is 0 Å². The molecule has 120 valence electrons. The SMILES string of the molecule is O=C(NC(=S)N1CCN(C(=O)c2ccco2)CC1)c1ccco1. The summed E-state index contributed by atoms with van der Waals surface area (Å²) >= 11 is 5.24. The fourth-order valence-corrected chi connectivity index (χ4v) is 2.59. The molecule has 0 spiro atoms. The Morgan fingerprint density at radius 3 is 2.09 bits per heavy atom. The number of hydrogen-bond acceptors (Lipinski definition) is 5. The van der Waals surface area contributed by atoms with Crippen molar-refractivity contribution in [3.8, 4) is 0 Å². The number of rotatable bonds is 2. The van der Waals surface area contributed by atoms with E-state index in [-0.39, 0.29) is 17.6 Å². The van der Waals surface area contributed by atoms with Crippen LogP contribution in [0.1, 0.15) is 21.1 Å². The van der Waals surface area contributed by atoms with E-state index in [1.54, 1.807) is 29.2 Å². The van der Waals surface area contributed by atoms with Gasteiger partial charge in [0, 0.05) is 26.2 Å². The molecule has 8 heteroatoms. The molecular formula is C15H15N3O4S. The molecule has 0 aliphatic carbocycles. The van der Waals surface area contributed by atoms with Gasteiger partial charge < -0.3 is 18.6 Å². The Hall–Kier alpha value is -2.61. The molecule has 2 aromatic heterocycles. The lowest BCUT2D eigenvalue weighted by Gasteiger charge is -2.35. The Labute approximate surface area is 137 Å². The van der Waals surface area contributed by atoms with E-state index in [9.17, 15) is 9.59 Å². The molecule has 0 saturated carbocycles. The summed E-state index contributed by atoms with van der Waals surface area (Å²) in [5.74, 6) is 0.0143. The Kier molecular flexibility index (Phi) is 4.42. The minimum absolute atomic E-state index is 0.139. The first-order valence-electron chi connectivity index (χ1n) is 7.11. The number of nitrogens with one attached hydrogen (secondary N) is 1. The highest BCUT2D eigenvalue weighted by Crippen LogP contribution is 2.10. The van der Waals surface area contributed by atoms with Crippen molar-refractivity contribution in [2.24, 2.45) is 0 Å². The lowest BCUT2D eigenvalue weighted by molar-refractivity contribution is 0.0657. The average molecular weight is 333 g/mol.